The van der Waals surface area contributed by atoms with E-state index >= 15 is 0 Å². The van der Waals surface area contributed by atoms with Crippen LogP contribution in [-0.4, -0.2) is 10.7 Å². The number of aliphatic hydroxyl groups is 1. The van der Waals surface area contributed by atoms with E-state index in [1.54, 1.807) is 11.1 Å². The third kappa shape index (κ3) is 1.84. The van der Waals surface area contributed by atoms with E-state index in [2.05, 4.69) is 27.7 Å². The molecular formula is C15H26O. The molecule has 92 valence electrons. The van der Waals surface area contributed by atoms with E-state index in [4.69, 9.17) is 0 Å². The summed E-state index contributed by atoms with van der Waals surface area (Å²) in [6.07, 6.45) is 7.00. The van der Waals surface area contributed by atoms with Gasteiger partial charge in [-0.05, 0) is 56.8 Å². The molecule has 1 heteroatoms. The Bertz CT molecular complexity index is 315. The molecule has 0 spiro atoms. The minimum Gasteiger partial charge on any atom is -0.389 e. The average molecular weight is 222 g/mol. The van der Waals surface area contributed by atoms with E-state index in [-0.39, 0.29) is 0 Å². The van der Waals surface area contributed by atoms with Gasteiger partial charge < -0.3 is 5.11 Å². The summed E-state index contributed by atoms with van der Waals surface area (Å²) in [6, 6.07) is 0. The van der Waals surface area contributed by atoms with Gasteiger partial charge in [0.05, 0.1) is 5.60 Å². The number of rotatable bonds is 1. The molecule has 0 bridgehead atoms. The maximum Gasteiger partial charge on any atom is 0.0708 e. The molecule has 2 rings (SSSR count). The normalized spacial score (nSPS) is 40.1. The number of hydrogen-bond donors (Lipinski definition) is 1. The van der Waals surface area contributed by atoms with Crippen LogP contribution in [0.4, 0.5) is 0 Å². The van der Waals surface area contributed by atoms with E-state index in [0.29, 0.717) is 11.3 Å². The van der Waals surface area contributed by atoms with Crippen LogP contribution in [0.5, 0.6) is 0 Å². The Morgan fingerprint density at radius 3 is 2.50 bits per heavy atom. The summed E-state index contributed by atoms with van der Waals surface area (Å²) in [5.41, 5.74) is 3.12. The third-order valence-electron chi connectivity index (χ3n) is 5.19. The lowest BCUT2D eigenvalue weighted by Gasteiger charge is -2.49. The first kappa shape index (κ1) is 12.2. The maximum absolute atomic E-state index is 10.7. The van der Waals surface area contributed by atoms with Crippen LogP contribution in [0, 0.1) is 11.3 Å². The van der Waals surface area contributed by atoms with Gasteiger partial charge in [-0.3, -0.25) is 0 Å². The lowest BCUT2D eigenvalue weighted by atomic mass is 9.59. The van der Waals surface area contributed by atoms with Gasteiger partial charge in [-0.2, -0.15) is 0 Å². The van der Waals surface area contributed by atoms with Crippen molar-refractivity contribution >= 4 is 0 Å². The summed E-state index contributed by atoms with van der Waals surface area (Å²) < 4.78 is 0. The molecule has 0 amide bonds. The van der Waals surface area contributed by atoms with Crippen LogP contribution in [0.2, 0.25) is 0 Å². The summed E-state index contributed by atoms with van der Waals surface area (Å²) >= 11 is 0. The van der Waals surface area contributed by atoms with Gasteiger partial charge in [0.2, 0.25) is 0 Å². The number of fused-ring (bicyclic) bond motifs is 1. The first-order valence-corrected chi connectivity index (χ1v) is 6.79. The van der Waals surface area contributed by atoms with Gasteiger partial charge in [-0.25, -0.2) is 0 Å². The predicted molar refractivity (Wildman–Crippen MR) is 68.3 cm³/mol. The van der Waals surface area contributed by atoms with Crippen molar-refractivity contribution in [2.45, 2.75) is 71.8 Å². The molecule has 0 aromatic rings. The molecule has 2 atom stereocenters. The zero-order valence-electron chi connectivity index (χ0n) is 11.3. The standard InChI is InChI=1S/C15H26O/c1-11(2)15(16)9-8-14(4)7-5-6-12(3)13(14)10-15/h11,16H,5-10H2,1-4H3/t14-,15+/m0/s1. The number of allylic oxidation sites excluding steroid dienone is 1. The molecule has 2 aliphatic carbocycles. The van der Waals surface area contributed by atoms with Crippen LogP contribution in [0.1, 0.15) is 66.2 Å². The zero-order chi connectivity index (χ0) is 12.0. The molecule has 0 aromatic heterocycles. The van der Waals surface area contributed by atoms with E-state index in [9.17, 15) is 5.11 Å². The molecule has 0 radical (unpaired) electrons. The van der Waals surface area contributed by atoms with Crippen molar-refractivity contribution in [2.24, 2.45) is 11.3 Å². The zero-order valence-corrected chi connectivity index (χ0v) is 11.3. The smallest absolute Gasteiger partial charge is 0.0708 e. The highest BCUT2D eigenvalue weighted by Crippen LogP contribution is 2.53. The van der Waals surface area contributed by atoms with Gasteiger partial charge in [0.1, 0.15) is 0 Å². The van der Waals surface area contributed by atoms with Crippen molar-refractivity contribution in [3.05, 3.63) is 11.1 Å². The van der Waals surface area contributed by atoms with Crippen molar-refractivity contribution in [1.29, 1.82) is 0 Å². The van der Waals surface area contributed by atoms with Crippen molar-refractivity contribution in [3.63, 3.8) is 0 Å². The van der Waals surface area contributed by atoms with Crippen LogP contribution in [0.3, 0.4) is 0 Å². The summed E-state index contributed by atoms with van der Waals surface area (Å²) in [5, 5.41) is 10.7. The molecular weight excluding hydrogens is 196 g/mol. The van der Waals surface area contributed by atoms with Crippen LogP contribution in [0.25, 0.3) is 0 Å². The Kier molecular flexibility index (Phi) is 2.94. The van der Waals surface area contributed by atoms with Crippen LogP contribution < -0.4 is 0 Å². The van der Waals surface area contributed by atoms with Crippen molar-refractivity contribution < 1.29 is 5.11 Å². The molecule has 1 N–H and O–H groups in total. The fourth-order valence-electron chi connectivity index (χ4n) is 3.58. The van der Waals surface area contributed by atoms with Crippen LogP contribution in [0.15, 0.2) is 11.1 Å². The molecule has 0 heterocycles. The molecule has 0 aliphatic heterocycles. The minimum absolute atomic E-state index is 0.374. The molecule has 16 heavy (non-hydrogen) atoms. The minimum atomic E-state index is -0.437. The summed E-state index contributed by atoms with van der Waals surface area (Å²) in [7, 11) is 0. The Balaban J connectivity index is 2.31. The monoisotopic (exact) mass is 222 g/mol. The maximum atomic E-state index is 10.7. The largest absolute Gasteiger partial charge is 0.389 e. The topological polar surface area (TPSA) is 20.2 Å². The second-order valence-electron chi connectivity index (χ2n) is 6.61. The van der Waals surface area contributed by atoms with Gasteiger partial charge in [0.15, 0.2) is 0 Å². The average Bonchev–Trinajstić information content (AvgIpc) is 2.21. The number of hydrogen-bond acceptors (Lipinski definition) is 1. The van der Waals surface area contributed by atoms with Gasteiger partial charge in [-0.1, -0.05) is 31.9 Å². The van der Waals surface area contributed by atoms with Gasteiger partial charge in [-0.15, -0.1) is 0 Å². The lowest BCUT2D eigenvalue weighted by Crippen LogP contribution is -2.44. The highest BCUT2D eigenvalue weighted by molar-refractivity contribution is 5.27. The summed E-state index contributed by atoms with van der Waals surface area (Å²) in [5.74, 6) is 0.374. The summed E-state index contributed by atoms with van der Waals surface area (Å²) in [4.78, 5) is 0. The van der Waals surface area contributed by atoms with Crippen LogP contribution in [-0.2, 0) is 0 Å². The second kappa shape index (κ2) is 3.87. The third-order valence-corrected chi connectivity index (χ3v) is 5.19. The van der Waals surface area contributed by atoms with E-state index in [1.807, 2.05) is 0 Å². The van der Waals surface area contributed by atoms with Crippen LogP contribution >= 0.6 is 0 Å². The molecule has 2 aliphatic rings. The molecule has 1 saturated carbocycles. The van der Waals surface area contributed by atoms with E-state index in [0.717, 1.165) is 12.8 Å². The van der Waals surface area contributed by atoms with E-state index in [1.165, 1.54) is 25.7 Å². The Morgan fingerprint density at radius 2 is 1.88 bits per heavy atom. The quantitative estimate of drug-likeness (QED) is 0.663. The lowest BCUT2D eigenvalue weighted by molar-refractivity contribution is -0.0441. The fourth-order valence-corrected chi connectivity index (χ4v) is 3.58. The first-order chi connectivity index (χ1) is 7.37. The summed E-state index contributed by atoms with van der Waals surface area (Å²) in [6.45, 7) is 8.99. The first-order valence-electron chi connectivity index (χ1n) is 6.79. The van der Waals surface area contributed by atoms with Crippen molar-refractivity contribution in [1.82, 2.24) is 0 Å². The highest BCUT2D eigenvalue weighted by Gasteiger charge is 2.45. The SMILES string of the molecule is CC1=C2C[C@@](O)(C(C)C)CC[C@]2(C)CCC1. The van der Waals surface area contributed by atoms with E-state index < -0.39 is 5.60 Å². The van der Waals surface area contributed by atoms with Crippen molar-refractivity contribution in [2.75, 3.05) is 0 Å². The second-order valence-corrected chi connectivity index (χ2v) is 6.61. The predicted octanol–water partition coefficient (Wildman–Crippen LogP) is 4.06. The molecule has 0 saturated heterocycles. The molecule has 1 nitrogen and oxygen atoms in total. The van der Waals surface area contributed by atoms with Crippen molar-refractivity contribution in [3.8, 4) is 0 Å². The highest BCUT2D eigenvalue weighted by atomic mass is 16.3. The Morgan fingerprint density at radius 1 is 1.19 bits per heavy atom. The Hall–Kier alpha value is -0.300. The van der Waals surface area contributed by atoms with Gasteiger partial charge in [0, 0.05) is 0 Å². The van der Waals surface area contributed by atoms with Gasteiger partial charge in [0.25, 0.3) is 0 Å². The molecule has 0 unspecified atom stereocenters. The Labute approximate surface area is 99.9 Å². The molecule has 1 fully saturated rings. The fraction of sp³-hybridized carbons (Fsp3) is 0.867. The molecule has 0 aromatic carbocycles. The van der Waals surface area contributed by atoms with Gasteiger partial charge >= 0.3 is 0 Å².